The van der Waals surface area contributed by atoms with Crippen LogP contribution in [0.3, 0.4) is 0 Å². The molecule has 0 aromatic heterocycles. The highest BCUT2D eigenvalue weighted by Gasteiger charge is 2.17. The average molecular weight is 456 g/mol. The maximum absolute atomic E-state index is 12.1. The number of thiocarbonyl (C=S) groups is 1. The molecule has 0 aliphatic rings. The van der Waals surface area contributed by atoms with Crippen LogP contribution in [0.15, 0.2) is 42.5 Å². The van der Waals surface area contributed by atoms with E-state index in [4.69, 9.17) is 44.9 Å². The van der Waals surface area contributed by atoms with Crippen LogP contribution in [-0.2, 0) is 16.0 Å². The number of carbonyl (C=O) groups excluding carboxylic acids is 2. The molecule has 0 saturated carbocycles. The van der Waals surface area contributed by atoms with Crippen molar-refractivity contribution in [3.05, 3.63) is 58.1 Å². The molecule has 1 atom stereocenters. The maximum Gasteiger partial charge on any atom is 0.279 e. The third-order valence-electron chi connectivity index (χ3n) is 3.64. The first-order chi connectivity index (χ1) is 13.8. The van der Waals surface area contributed by atoms with Crippen molar-refractivity contribution in [3.8, 4) is 11.5 Å². The molecule has 0 heterocycles. The fraction of sp³-hybridized carbons (Fsp3) is 0.211. The minimum Gasteiger partial charge on any atom is -0.497 e. The van der Waals surface area contributed by atoms with Crippen molar-refractivity contribution in [3.63, 3.8) is 0 Å². The summed E-state index contributed by atoms with van der Waals surface area (Å²) in [4.78, 5) is 24.1. The Morgan fingerprint density at radius 3 is 2.41 bits per heavy atom. The summed E-state index contributed by atoms with van der Waals surface area (Å²) in [5, 5.41) is 3.17. The van der Waals surface area contributed by atoms with Crippen molar-refractivity contribution in [2.24, 2.45) is 0 Å². The Labute approximate surface area is 183 Å². The van der Waals surface area contributed by atoms with E-state index in [0.717, 1.165) is 5.56 Å². The number of hydrogen-bond donors (Lipinski definition) is 3. The number of carbonyl (C=O) groups is 2. The lowest BCUT2D eigenvalue weighted by Crippen LogP contribution is -2.51. The Morgan fingerprint density at radius 2 is 1.79 bits per heavy atom. The second kappa shape index (κ2) is 10.8. The quantitative estimate of drug-likeness (QED) is 0.458. The monoisotopic (exact) mass is 455 g/mol. The molecule has 3 N–H and O–H groups in total. The summed E-state index contributed by atoms with van der Waals surface area (Å²) in [5.41, 5.74) is 5.60. The predicted molar refractivity (Wildman–Crippen MR) is 115 cm³/mol. The van der Waals surface area contributed by atoms with Gasteiger partial charge in [-0.2, -0.15) is 0 Å². The normalized spacial score (nSPS) is 11.2. The number of methoxy groups -OCH3 is 1. The molecule has 2 aromatic carbocycles. The van der Waals surface area contributed by atoms with Crippen molar-refractivity contribution in [2.75, 3.05) is 7.11 Å². The molecule has 7 nitrogen and oxygen atoms in total. The van der Waals surface area contributed by atoms with Crippen LogP contribution in [0.1, 0.15) is 12.5 Å². The zero-order valence-electron chi connectivity index (χ0n) is 15.6. The van der Waals surface area contributed by atoms with E-state index in [1.54, 1.807) is 43.5 Å². The van der Waals surface area contributed by atoms with Crippen LogP contribution in [0, 0.1) is 0 Å². The SMILES string of the molecule is COc1ccc(CC(=O)NC(=S)NNC(=O)C(C)Oc2ccc(Cl)cc2Cl)cc1. The molecule has 2 amide bonds. The minimum atomic E-state index is -0.876. The molecule has 0 spiro atoms. The number of rotatable bonds is 6. The van der Waals surface area contributed by atoms with E-state index in [1.165, 1.54) is 13.0 Å². The number of halogens is 2. The Morgan fingerprint density at radius 1 is 1.10 bits per heavy atom. The predicted octanol–water partition coefficient (Wildman–Crippen LogP) is 3.03. The highest BCUT2D eigenvalue weighted by atomic mass is 35.5. The molecule has 29 heavy (non-hydrogen) atoms. The van der Waals surface area contributed by atoms with Gasteiger partial charge < -0.3 is 14.8 Å². The van der Waals surface area contributed by atoms with Crippen molar-refractivity contribution in [1.29, 1.82) is 0 Å². The summed E-state index contributed by atoms with van der Waals surface area (Å²) in [5.74, 6) is 0.168. The summed E-state index contributed by atoms with van der Waals surface area (Å²) < 4.78 is 10.6. The van der Waals surface area contributed by atoms with Crippen LogP contribution in [0.25, 0.3) is 0 Å². The van der Waals surface area contributed by atoms with E-state index >= 15 is 0 Å². The van der Waals surface area contributed by atoms with Gasteiger partial charge in [-0.05, 0) is 55.0 Å². The lowest BCUT2D eigenvalue weighted by molar-refractivity contribution is -0.128. The van der Waals surface area contributed by atoms with Gasteiger partial charge in [-0.25, -0.2) is 0 Å². The third-order valence-corrected chi connectivity index (χ3v) is 4.38. The Bertz CT molecular complexity index is 894. The first kappa shape index (κ1) is 22.7. The first-order valence-corrected chi connectivity index (χ1v) is 9.59. The smallest absolute Gasteiger partial charge is 0.279 e. The van der Waals surface area contributed by atoms with Gasteiger partial charge in [-0.1, -0.05) is 35.3 Å². The summed E-state index contributed by atoms with van der Waals surface area (Å²) in [6.45, 7) is 1.53. The fourth-order valence-electron chi connectivity index (χ4n) is 2.17. The van der Waals surface area contributed by atoms with E-state index in [0.29, 0.717) is 16.5 Å². The number of amides is 2. The molecular formula is C19H19Cl2N3O4S. The van der Waals surface area contributed by atoms with Gasteiger partial charge in [0.1, 0.15) is 11.5 Å². The van der Waals surface area contributed by atoms with Crippen molar-refractivity contribution >= 4 is 52.3 Å². The number of benzene rings is 2. The van der Waals surface area contributed by atoms with E-state index in [-0.39, 0.29) is 22.5 Å². The van der Waals surface area contributed by atoms with E-state index in [1.807, 2.05) is 0 Å². The summed E-state index contributed by atoms with van der Waals surface area (Å²) in [6, 6.07) is 11.7. The second-order valence-electron chi connectivity index (χ2n) is 5.85. The molecule has 2 rings (SSSR count). The first-order valence-electron chi connectivity index (χ1n) is 8.43. The third kappa shape index (κ3) is 7.41. The molecule has 0 aliphatic carbocycles. The molecule has 0 bridgehead atoms. The van der Waals surface area contributed by atoms with Crippen LogP contribution in [0.4, 0.5) is 0 Å². The number of hydrogen-bond acceptors (Lipinski definition) is 5. The van der Waals surface area contributed by atoms with Gasteiger partial charge in [-0.3, -0.25) is 20.4 Å². The fourth-order valence-corrected chi connectivity index (χ4v) is 2.78. The van der Waals surface area contributed by atoms with Crippen LogP contribution < -0.4 is 25.6 Å². The topological polar surface area (TPSA) is 88.7 Å². The standard InChI is InChI=1S/C19H19Cl2N3O4S/c1-11(28-16-8-5-13(20)10-15(16)21)18(26)23-24-19(29)22-17(25)9-12-3-6-14(27-2)7-4-12/h3-8,10-11H,9H2,1-2H3,(H,23,26)(H2,22,24,25,29). The molecule has 0 aliphatic heterocycles. The van der Waals surface area contributed by atoms with Crippen LogP contribution in [0.2, 0.25) is 10.0 Å². The Hall–Kier alpha value is -2.55. The van der Waals surface area contributed by atoms with Crippen LogP contribution >= 0.6 is 35.4 Å². The highest BCUT2D eigenvalue weighted by Crippen LogP contribution is 2.28. The van der Waals surface area contributed by atoms with Gasteiger partial charge in [0.05, 0.1) is 18.6 Å². The van der Waals surface area contributed by atoms with E-state index in [9.17, 15) is 9.59 Å². The summed E-state index contributed by atoms with van der Waals surface area (Å²) >= 11 is 16.8. The number of nitrogens with one attached hydrogen (secondary N) is 3. The zero-order chi connectivity index (χ0) is 21.4. The molecule has 0 saturated heterocycles. The van der Waals surface area contributed by atoms with Crippen molar-refractivity contribution in [1.82, 2.24) is 16.2 Å². The number of hydrazine groups is 1. The van der Waals surface area contributed by atoms with Crippen LogP contribution in [-0.4, -0.2) is 30.1 Å². The lowest BCUT2D eigenvalue weighted by atomic mass is 10.1. The summed E-state index contributed by atoms with van der Waals surface area (Å²) in [7, 11) is 1.57. The molecule has 0 radical (unpaired) electrons. The molecule has 1 unspecified atom stereocenters. The average Bonchev–Trinajstić information content (AvgIpc) is 2.68. The van der Waals surface area contributed by atoms with Crippen molar-refractivity contribution < 1.29 is 19.1 Å². The van der Waals surface area contributed by atoms with Gasteiger partial charge in [0.15, 0.2) is 11.2 Å². The molecule has 2 aromatic rings. The zero-order valence-corrected chi connectivity index (χ0v) is 18.0. The minimum absolute atomic E-state index is 0.0476. The Kier molecular flexibility index (Phi) is 8.50. The largest absolute Gasteiger partial charge is 0.497 e. The maximum atomic E-state index is 12.1. The van der Waals surface area contributed by atoms with Crippen LogP contribution in [0.5, 0.6) is 11.5 Å². The van der Waals surface area contributed by atoms with Gasteiger partial charge in [0, 0.05) is 5.02 Å². The Balaban J connectivity index is 1.76. The highest BCUT2D eigenvalue weighted by molar-refractivity contribution is 7.80. The molecule has 10 heteroatoms. The van der Waals surface area contributed by atoms with E-state index in [2.05, 4.69) is 16.2 Å². The van der Waals surface area contributed by atoms with E-state index < -0.39 is 12.0 Å². The number of ether oxygens (including phenoxy) is 2. The van der Waals surface area contributed by atoms with Gasteiger partial charge in [0.25, 0.3) is 5.91 Å². The second-order valence-corrected chi connectivity index (χ2v) is 7.10. The van der Waals surface area contributed by atoms with Gasteiger partial charge in [0.2, 0.25) is 5.91 Å². The lowest BCUT2D eigenvalue weighted by Gasteiger charge is -2.17. The molecule has 154 valence electrons. The van der Waals surface area contributed by atoms with Gasteiger partial charge in [-0.15, -0.1) is 0 Å². The van der Waals surface area contributed by atoms with Crippen molar-refractivity contribution in [2.45, 2.75) is 19.4 Å². The molecular weight excluding hydrogens is 437 g/mol. The molecule has 0 fully saturated rings. The van der Waals surface area contributed by atoms with Gasteiger partial charge >= 0.3 is 0 Å². The summed E-state index contributed by atoms with van der Waals surface area (Å²) in [6.07, 6.45) is -0.757.